The zero-order valence-electron chi connectivity index (χ0n) is 19.4. The standard InChI is InChI=1S/C34H20OS/c1-2-9-21(10-3-1)31-22-11-4-6-13-24(22)32(25-14-7-5-12-23(25)31)27-15-8-16-28-33-26-19-20-36-30(26)18-17-29(33)35-34(27)28/h1-20H. The first-order valence-electron chi connectivity index (χ1n) is 12.2. The number of fused-ring (bicyclic) bond motifs is 7. The zero-order valence-corrected chi connectivity index (χ0v) is 20.2. The lowest BCUT2D eigenvalue weighted by Crippen LogP contribution is -1.90. The van der Waals surface area contributed by atoms with Crippen LogP contribution in [0.2, 0.25) is 0 Å². The Hall–Kier alpha value is -4.40. The van der Waals surface area contributed by atoms with Crippen molar-refractivity contribution in [3.8, 4) is 22.3 Å². The summed E-state index contributed by atoms with van der Waals surface area (Å²) in [5, 5.41) is 10.8. The van der Waals surface area contributed by atoms with E-state index in [-0.39, 0.29) is 0 Å². The molecule has 8 rings (SSSR count). The highest BCUT2D eigenvalue weighted by molar-refractivity contribution is 7.17. The number of hydrogen-bond donors (Lipinski definition) is 0. The number of thiophene rings is 1. The first-order valence-corrected chi connectivity index (χ1v) is 13.1. The number of furan rings is 1. The van der Waals surface area contributed by atoms with Crippen LogP contribution < -0.4 is 0 Å². The van der Waals surface area contributed by atoms with E-state index in [4.69, 9.17) is 4.42 Å². The molecule has 2 heteroatoms. The van der Waals surface area contributed by atoms with Gasteiger partial charge < -0.3 is 4.42 Å². The van der Waals surface area contributed by atoms with Gasteiger partial charge in [0.2, 0.25) is 0 Å². The first-order chi connectivity index (χ1) is 17.9. The van der Waals surface area contributed by atoms with Gasteiger partial charge in [0.1, 0.15) is 11.2 Å². The molecule has 36 heavy (non-hydrogen) atoms. The van der Waals surface area contributed by atoms with E-state index in [1.807, 2.05) is 0 Å². The van der Waals surface area contributed by atoms with Crippen molar-refractivity contribution >= 4 is 64.9 Å². The molecule has 0 spiro atoms. The van der Waals surface area contributed by atoms with E-state index in [2.05, 4.69) is 121 Å². The fourth-order valence-corrected chi connectivity index (χ4v) is 6.67. The maximum atomic E-state index is 6.63. The Labute approximate surface area is 211 Å². The lowest BCUT2D eigenvalue weighted by Gasteiger charge is -2.17. The van der Waals surface area contributed by atoms with Crippen molar-refractivity contribution in [3.05, 3.63) is 121 Å². The Bertz CT molecular complexity index is 2040. The maximum absolute atomic E-state index is 6.63. The third-order valence-electron chi connectivity index (χ3n) is 7.36. The zero-order chi connectivity index (χ0) is 23.6. The molecule has 2 aromatic heterocycles. The molecule has 0 fully saturated rings. The molecule has 1 nitrogen and oxygen atoms in total. The van der Waals surface area contributed by atoms with Crippen LogP contribution in [0.4, 0.5) is 0 Å². The number of rotatable bonds is 2. The van der Waals surface area contributed by atoms with Crippen LogP contribution in [0.1, 0.15) is 0 Å². The van der Waals surface area contributed by atoms with E-state index in [0.717, 1.165) is 16.7 Å². The Morgan fingerprint density at radius 3 is 1.83 bits per heavy atom. The summed E-state index contributed by atoms with van der Waals surface area (Å²) in [4.78, 5) is 0. The molecule has 0 aliphatic heterocycles. The topological polar surface area (TPSA) is 13.1 Å². The summed E-state index contributed by atoms with van der Waals surface area (Å²) >= 11 is 1.78. The van der Waals surface area contributed by atoms with Gasteiger partial charge in [0.05, 0.1) is 0 Å². The summed E-state index contributed by atoms with van der Waals surface area (Å²) in [6.45, 7) is 0. The Balaban J connectivity index is 1.56. The minimum atomic E-state index is 0.942. The predicted octanol–water partition coefficient (Wildman–Crippen LogP) is 10.4. The van der Waals surface area contributed by atoms with Crippen LogP contribution in [0.5, 0.6) is 0 Å². The molecular weight excluding hydrogens is 456 g/mol. The first kappa shape index (κ1) is 19.9. The second kappa shape index (κ2) is 7.55. The molecule has 0 bridgehead atoms. The molecule has 0 saturated heterocycles. The second-order valence-corrected chi connectivity index (χ2v) is 10.2. The molecule has 0 saturated carbocycles. The van der Waals surface area contributed by atoms with Crippen molar-refractivity contribution in [2.24, 2.45) is 0 Å². The average molecular weight is 477 g/mol. The van der Waals surface area contributed by atoms with Gasteiger partial charge in [-0.3, -0.25) is 0 Å². The fourth-order valence-electron chi connectivity index (χ4n) is 5.87. The van der Waals surface area contributed by atoms with Gasteiger partial charge in [-0.05, 0) is 56.3 Å². The van der Waals surface area contributed by atoms with Crippen LogP contribution in [0.25, 0.3) is 75.8 Å². The largest absolute Gasteiger partial charge is 0.455 e. The monoisotopic (exact) mass is 476 g/mol. The van der Waals surface area contributed by atoms with Crippen molar-refractivity contribution in [2.75, 3.05) is 0 Å². The van der Waals surface area contributed by atoms with Crippen LogP contribution in [0.15, 0.2) is 125 Å². The third-order valence-corrected chi connectivity index (χ3v) is 8.24. The number of para-hydroxylation sites is 1. The third kappa shape index (κ3) is 2.71. The van der Waals surface area contributed by atoms with Crippen LogP contribution in [-0.4, -0.2) is 0 Å². The molecular formula is C34H20OS. The Morgan fingerprint density at radius 1 is 0.472 bits per heavy atom. The van der Waals surface area contributed by atoms with Gasteiger partial charge >= 0.3 is 0 Å². The van der Waals surface area contributed by atoms with Gasteiger partial charge in [-0.25, -0.2) is 0 Å². The molecule has 0 unspecified atom stereocenters. The summed E-state index contributed by atoms with van der Waals surface area (Å²) in [5.74, 6) is 0. The van der Waals surface area contributed by atoms with Gasteiger partial charge in [-0.15, -0.1) is 11.3 Å². The molecule has 0 aliphatic rings. The van der Waals surface area contributed by atoms with E-state index in [1.54, 1.807) is 11.3 Å². The predicted molar refractivity (Wildman–Crippen MR) is 155 cm³/mol. The molecule has 6 aromatic carbocycles. The molecule has 2 heterocycles. The highest BCUT2D eigenvalue weighted by Gasteiger charge is 2.20. The van der Waals surface area contributed by atoms with Crippen LogP contribution >= 0.6 is 11.3 Å². The smallest absolute Gasteiger partial charge is 0.143 e. The van der Waals surface area contributed by atoms with E-state index in [0.29, 0.717) is 0 Å². The van der Waals surface area contributed by atoms with Crippen LogP contribution in [0, 0.1) is 0 Å². The van der Waals surface area contributed by atoms with Crippen molar-refractivity contribution in [1.29, 1.82) is 0 Å². The molecule has 168 valence electrons. The van der Waals surface area contributed by atoms with Crippen LogP contribution in [-0.2, 0) is 0 Å². The molecule has 0 N–H and O–H groups in total. The maximum Gasteiger partial charge on any atom is 0.143 e. The molecule has 0 aliphatic carbocycles. The van der Waals surface area contributed by atoms with Gasteiger partial charge in [0.15, 0.2) is 0 Å². The normalized spacial score (nSPS) is 11.9. The Morgan fingerprint density at radius 2 is 1.11 bits per heavy atom. The van der Waals surface area contributed by atoms with Crippen molar-refractivity contribution in [3.63, 3.8) is 0 Å². The summed E-state index contributed by atoms with van der Waals surface area (Å²) in [5.41, 5.74) is 6.78. The number of hydrogen-bond acceptors (Lipinski definition) is 2. The Kier molecular flexibility index (Phi) is 4.16. The summed E-state index contributed by atoms with van der Waals surface area (Å²) in [6, 6.07) is 41.4. The highest BCUT2D eigenvalue weighted by Crippen LogP contribution is 2.47. The summed E-state index contributed by atoms with van der Waals surface area (Å²) < 4.78 is 7.92. The van der Waals surface area contributed by atoms with Crippen molar-refractivity contribution in [1.82, 2.24) is 0 Å². The summed E-state index contributed by atoms with van der Waals surface area (Å²) in [6.07, 6.45) is 0. The summed E-state index contributed by atoms with van der Waals surface area (Å²) in [7, 11) is 0. The molecule has 8 aromatic rings. The fraction of sp³-hybridized carbons (Fsp3) is 0. The van der Waals surface area contributed by atoms with Crippen molar-refractivity contribution < 1.29 is 4.42 Å². The lowest BCUT2D eigenvalue weighted by atomic mass is 9.85. The molecule has 0 radical (unpaired) electrons. The minimum absolute atomic E-state index is 0.942. The molecule has 0 amide bonds. The lowest BCUT2D eigenvalue weighted by molar-refractivity contribution is 0.670. The SMILES string of the molecule is c1ccc(-c2c3ccccc3c(-c3cccc4c3oc3ccc5sccc5c34)c3ccccc23)cc1. The molecule has 0 atom stereocenters. The average Bonchev–Trinajstić information content (AvgIpc) is 3.56. The second-order valence-electron chi connectivity index (χ2n) is 9.26. The highest BCUT2D eigenvalue weighted by atomic mass is 32.1. The van der Waals surface area contributed by atoms with E-state index < -0.39 is 0 Å². The van der Waals surface area contributed by atoms with E-state index >= 15 is 0 Å². The number of benzene rings is 6. The van der Waals surface area contributed by atoms with E-state index in [9.17, 15) is 0 Å². The quantitative estimate of drug-likeness (QED) is 0.226. The van der Waals surface area contributed by atoms with Gasteiger partial charge in [-0.1, -0.05) is 97.1 Å². The van der Waals surface area contributed by atoms with Gasteiger partial charge in [-0.2, -0.15) is 0 Å². The van der Waals surface area contributed by atoms with Gasteiger partial charge in [0.25, 0.3) is 0 Å². The minimum Gasteiger partial charge on any atom is -0.455 e. The van der Waals surface area contributed by atoms with Crippen LogP contribution in [0.3, 0.4) is 0 Å². The van der Waals surface area contributed by atoms with Gasteiger partial charge in [0, 0.05) is 32.0 Å². The van der Waals surface area contributed by atoms with Crippen molar-refractivity contribution in [2.45, 2.75) is 0 Å². The van der Waals surface area contributed by atoms with E-state index in [1.165, 1.54) is 59.1 Å².